The maximum absolute atomic E-state index is 9.35. The van der Waals surface area contributed by atoms with Gasteiger partial charge in [-0.05, 0) is 46.3 Å². The van der Waals surface area contributed by atoms with Gasteiger partial charge in [0.2, 0.25) is 0 Å². The van der Waals surface area contributed by atoms with Gasteiger partial charge in [-0.3, -0.25) is 4.98 Å². The van der Waals surface area contributed by atoms with Gasteiger partial charge in [-0.15, -0.1) is 0 Å². The molecule has 136 valence electrons. The zero-order chi connectivity index (χ0) is 17.9. The Balaban J connectivity index is 1.61. The fourth-order valence-corrected chi connectivity index (χ4v) is 3.60. The van der Waals surface area contributed by atoms with Crippen LogP contribution in [-0.4, -0.2) is 44.4 Å². The normalized spacial score (nSPS) is 15.5. The van der Waals surface area contributed by atoms with Crippen LogP contribution in [0.3, 0.4) is 0 Å². The van der Waals surface area contributed by atoms with Crippen molar-refractivity contribution in [3.05, 3.63) is 46.8 Å². The number of pyridine rings is 1. The van der Waals surface area contributed by atoms with Crippen molar-refractivity contribution in [2.75, 3.05) is 29.9 Å². The minimum Gasteiger partial charge on any atom is -0.396 e. The van der Waals surface area contributed by atoms with Crippen LogP contribution in [0.5, 0.6) is 0 Å². The predicted molar refractivity (Wildman–Crippen MR) is 104 cm³/mol. The zero-order valence-corrected chi connectivity index (χ0v) is 15.9. The summed E-state index contributed by atoms with van der Waals surface area (Å²) in [4.78, 5) is 11.2. The van der Waals surface area contributed by atoms with Crippen LogP contribution in [-0.2, 0) is 6.54 Å². The summed E-state index contributed by atoms with van der Waals surface area (Å²) in [5, 5.41) is 17.2. The Morgan fingerprint density at radius 1 is 1.27 bits per heavy atom. The van der Waals surface area contributed by atoms with E-state index in [-0.39, 0.29) is 6.61 Å². The molecule has 7 nitrogen and oxygen atoms in total. The highest BCUT2D eigenvalue weighted by Gasteiger charge is 2.21. The molecule has 1 fully saturated rings. The molecule has 0 aromatic carbocycles. The Morgan fingerprint density at radius 2 is 2.12 bits per heavy atom. The second kappa shape index (κ2) is 7.59. The van der Waals surface area contributed by atoms with Gasteiger partial charge in [0.15, 0.2) is 5.65 Å². The van der Waals surface area contributed by atoms with E-state index in [0.29, 0.717) is 12.5 Å². The van der Waals surface area contributed by atoms with Gasteiger partial charge in [-0.2, -0.15) is 9.61 Å². The summed E-state index contributed by atoms with van der Waals surface area (Å²) in [6, 6.07) is 6.01. The van der Waals surface area contributed by atoms with Crippen LogP contribution in [0.15, 0.2) is 41.3 Å². The second-order valence-corrected chi connectivity index (χ2v) is 7.41. The Bertz CT molecular complexity index is 876. The minimum atomic E-state index is 0.270. The van der Waals surface area contributed by atoms with Crippen molar-refractivity contribution >= 4 is 33.2 Å². The summed E-state index contributed by atoms with van der Waals surface area (Å²) in [6.07, 6.45) is 7.36. The molecule has 1 aliphatic heterocycles. The Kier molecular flexibility index (Phi) is 5.03. The summed E-state index contributed by atoms with van der Waals surface area (Å²) in [7, 11) is 0. The van der Waals surface area contributed by atoms with E-state index in [1.807, 2.05) is 28.9 Å². The van der Waals surface area contributed by atoms with E-state index in [4.69, 9.17) is 4.98 Å². The molecule has 0 bridgehead atoms. The molecule has 3 aromatic heterocycles. The molecule has 4 heterocycles. The fraction of sp³-hybridized carbons (Fsp3) is 0.389. The predicted octanol–water partition coefficient (Wildman–Crippen LogP) is 2.71. The Labute approximate surface area is 160 Å². The number of aliphatic hydroxyl groups is 1. The molecular formula is C18H21BrN6O. The lowest BCUT2D eigenvalue weighted by atomic mass is 9.98. The van der Waals surface area contributed by atoms with E-state index in [9.17, 15) is 5.11 Å². The molecular weight excluding hydrogens is 396 g/mol. The monoisotopic (exact) mass is 416 g/mol. The summed E-state index contributed by atoms with van der Waals surface area (Å²) >= 11 is 3.54. The lowest BCUT2D eigenvalue weighted by Crippen LogP contribution is -2.35. The first-order valence-electron chi connectivity index (χ1n) is 8.77. The zero-order valence-electron chi connectivity index (χ0n) is 14.3. The van der Waals surface area contributed by atoms with E-state index in [0.717, 1.165) is 53.3 Å². The summed E-state index contributed by atoms with van der Waals surface area (Å²) in [5.41, 5.74) is 1.90. The second-order valence-electron chi connectivity index (χ2n) is 6.56. The Hall–Kier alpha value is -2.19. The van der Waals surface area contributed by atoms with Gasteiger partial charge >= 0.3 is 0 Å². The van der Waals surface area contributed by atoms with Crippen molar-refractivity contribution < 1.29 is 5.11 Å². The van der Waals surface area contributed by atoms with Gasteiger partial charge in [0.05, 0.1) is 10.7 Å². The molecule has 26 heavy (non-hydrogen) atoms. The van der Waals surface area contributed by atoms with Crippen LogP contribution in [0.2, 0.25) is 0 Å². The van der Waals surface area contributed by atoms with Crippen molar-refractivity contribution in [2.45, 2.75) is 19.4 Å². The number of rotatable bonds is 5. The van der Waals surface area contributed by atoms with Crippen LogP contribution in [0.25, 0.3) is 5.65 Å². The average molecular weight is 417 g/mol. The Morgan fingerprint density at radius 3 is 2.85 bits per heavy atom. The van der Waals surface area contributed by atoms with Gasteiger partial charge < -0.3 is 15.3 Å². The molecule has 0 spiro atoms. The highest BCUT2D eigenvalue weighted by Crippen LogP contribution is 2.27. The van der Waals surface area contributed by atoms with Gasteiger partial charge in [-0.1, -0.05) is 6.07 Å². The van der Waals surface area contributed by atoms with Gasteiger partial charge in [0, 0.05) is 44.7 Å². The molecule has 0 atom stereocenters. The van der Waals surface area contributed by atoms with Crippen molar-refractivity contribution in [2.24, 2.45) is 5.92 Å². The molecule has 0 saturated carbocycles. The molecule has 1 saturated heterocycles. The topological polar surface area (TPSA) is 78.6 Å². The number of hydrogen-bond donors (Lipinski definition) is 2. The molecule has 8 heteroatoms. The number of piperidine rings is 1. The number of nitrogens with zero attached hydrogens (tertiary/aromatic N) is 5. The van der Waals surface area contributed by atoms with Crippen molar-refractivity contribution in [1.82, 2.24) is 19.6 Å². The third-order valence-electron chi connectivity index (χ3n) is 4.81. The summed E-state index contributed by atoms with van der Waals surface area (Å²) < 4.78 is 2.68. The van der Waals surface area contributed by atoms with Gasteiger partial charge in [0.1, 0.15) is 11.6 Å². The highest BCUT2D eigenvalue weighted by molar-refractivity contribution is 9.10. The molecule has 0 unspecified atom stereocenters. The number of anilines is 2. The highest BCUT2D eigenvalue weighted by atomic mass is 79.9. The quantitative estimate of drug-likeness (QED) is 0.665. The first-order chi connectivity index (χ1) is 12.7. The minimum absolute atomic E-state index is 0.270. The van der Waals surface area contributed by atoms with Gasteiger partial charge in [0.25, 0.3) is 0 Å². The van der Waals surface area contributed by atoms with Crippen LogP contribution in [0.1, 0.15) is 18.4 Å². The number of aromatic nitrogens is 4. The maximum Gasteiger partial charge on any atom is 0.173 e. The molecule has 0 amide bonds. The smallest absolute Gasteiger partial charge is 0.173 e. The van der Waals surface area contributed by atoms with Crippen molar-refractivity contribution in [3.63, 3.8) is 0 Å². The largest absolute Gasteiger partial charge is 0.396 e. The third-order valence-corrected chi connectivity index (χ3v) is 5.37. The molecule has 2 N–H and O–H groups in total. The number of fused-ring (bicyclic) bond motifs is 1. The van der Waals surface area contributed by atoms with Crippen molar-refractivity contribution in [3.8, 4) is 0 Å². The van der Waals surface area contributed by atoms with Crippen LogP contribution in [0.4, 0.5) is 11.6 Å². The van der Waals surface area contributed by atoms with Crippen LogP contribution in [0, 0.1) is 5.92 Å². The fourth-order valence-electron chi connectivity index (χ4n) is 3.25. The van der Waals surface area contributed by atoms with E-state index in [2.05, 4.69) is 36.2 Å². The molecule has 0 radical (unpaired) electrons. The van der Waals surface area contributed by atoms with Crippen LogP contribution < -0.4 is 10.2 Å². The first-order valence-corrected chi connectivity index (χ1v) is 9.57. The number of hydrogen-bond acceptors (Lipinski definition) is 6. The molecule has 1 aliphatic rings. The van der Waals surface area contributed by atoms with E-state index >= 15 is 0 Å². The molecule has 0 aliphatic carbocycles. The number of nitrogens with one attached hydrogen (secondary N) is 1. The molecule has 4 rings (SSSR count). The lowest BCUT2D eigenvalue weighted by molar-refractivity contribution is 0.203. The van der Waals surface area contributed by atoms with E-state index in [1.165, 1.54) is 0 Å². The van der Waals surface area contributed by atoms with E-state index in [1.54, 1.807) is 12.4 Å². The number of halogens is 1. The third kappa shape index (κ3) is 3.52. The first kappa shape index (κ1) is 17.2. The van der Waals surface area contributed by atoms with Crippen LogP contribution >= 0.6 is 15.9 Å². The average Bonchev–Trinajstić information content (AvgIpc) is 3.08. The molecule has 3 aromatic rings. The van der Waals surface area contributed by atoms with Crippen molar-refractivity contribution in [1.29, 1.82) is 0 Å². The number of aliphatic hydroxyl groups excluding tert-OH is 1. The SMILES string of the molecule is OCC1CCN(c2cc(NCc3cccnc3)n3ncc(Br)c3n2)CC1. The lowest BCUT2D eigenvalue weighted by Gasteiger charge is -2.32. The summed E-state index contributed by atoms with van der Waals surface area (Å²) in [5.74, 6) is 2.23. The maximum atomic E-state index is 9.35. The standard InChI is InChI=1S/C18H21BrN6O/c19-15-11-22-25-16(21-10-14-2-1-5-20-9-14)8-17(23-18(15)25)24-6-3-13(12-26)4-7-24/h1-2,5,8-9,11,13,21,26H,3-4,6-7,10,12H2. The van der Waals surface area contributed by atoms with Gasteiger partial charge in [-0.25, -0.2) is 4.98 Å². The van der Waals surface area contributed by atoms with E-state index < -0.39 is 0 Å². The summed E-state index contributed by atoms with van der Waals surface area (Å²) in [6.45, 7) is 2.74.